The van der Waals surface area contributed by atoms with Crippen molar-refractivity contribution in [2.45, 2.75) is 0 Å². The van der Waals surface area contributed by atoms with E-state index in [2.05, 4.69) is 26.0 Å². The van der Waals surface area contributed by atoms with Crippen molar-refractivity contribution >= 4 is 54.0 Å². The van der Waals surface area contributed by atoms with Gasteiger partial charge in [0, 0.05) is 35.8 Å². The van der Waals surface area contributed by atoms with Crippen LogP contribution >= 0.6 is 15.9 Å². The largest absolute Gasteiger partial charge is 0.383 e. The number of aromatic nitrogens is 4. The molecule has 0 radical (unpaired) electrons. The van der Waals surface area contributed by atoms with Gasteiger partial charge in [0.15, 0.2) is 15.5 Å². The lowest BCUT2D eigenvalue weighted by Crippen LogP contribution is -2.41. The molecule has 30 heavy (non-hydrogen) atoms. The van der Waals surface area contributed by atoms with Gasteiger partial charge in [-0.05, 0) is 40.2 Å². The van der Waals surface area contributed by atoms with E-state index in [0.29, 0.717) is 51.3 Å². The number of rotatable bonds is 2. The van der Waals surface area contributed by atoms with Crippen molar-refractivity contribution in [1.29, 1.82) is 0 Å². The molecule has 154 valence electrons. The maximum absolute atomic E-state index is 13.6. The molecule has 3 aromatic heterocycles. The van der Waals surface area contributed by atoms with Crippen molar-refractivity contribution < 1.29 is 12.8 Å². The summed E-state index contributed by atoms with van der Waals surface area (Å²) in [5.41, 5.74) is 8.90. The van der Waals surface area contributed by atoms with E-state index >= 15 is 0 Å². The van der Waals surface area contributed by atoms with Gasteiger partial charge in [0.05, 0.1) is 23.2 Å². The van der Waals surface area contributed by atoms with Gasteiger partial charge in [-0.3, -0.25) is 4.98 Å². The summed E-state index contributed by atoms with van der Waals surface area (Å²) in [6.45, 7) is 0.674. The highest BCUT2D eigenvalue weighted by atomic mass is 79.9. The van der Waals surface area contributed by atoms with Gasteiger partial charge >= 0.3 is 0 Å². The monoisotopic (exact) mass is 490 g/mol. The Morgan fingerprint density at radius 3 is 2.67 bits per heavy atom. The molecular weight excluding hydrogens is 475 g/mol. The Morgan fingerprint density at radius 1 is 1.13 bits per heavy atom. The third kappa shape index (κ3) is 3.18. The van der Waals surface area contributed by atoms with Crippen molar-refractivity contribution in [2.24, 2.45) is 0 Å². The Bertz CT molecular complexity index is 1410. The van der Waals surface area contributed by atoms with E-state index in [1.807, 2.05) is 11.0 Å². The zero-order valence-electron chi connectivity index (χ0n) is 15.6. The van der Waals surface area contributed by atoms with Crippen LogP contribution in [-0.4, -0.2) is 52.6 Å². The molecule has 1 aliphatic rings. The first-order valence-electron chi connectivity index (χ1n) is 9.16. The number of hydrogen-bond acceptors (Lipinski definition) is 7. The highest BCUT2D eigenvalue weighted by Crippen LogP contribution is 2.35. The van der Waals surface area contributed by atoms with Gasteiger partial charge < -0.3 is 10.6 Å². The highest BCUT2D eigenvalue weighted by molar-refractivity contribution is 9.10. The van der Waals surface area contributed by atoms with Gasteiger partial charge in [0.2, 0.25) is 0 Å². The molecular formula is C19H16BrFN6O2S. The molecule has 1 aromatic carbocycles. The van der Waals surface area contributed by atoms with Crippen LogP contribution in [0, 0.1) is 5.82 Å². The van der Waals surface area contributed by atoms with Crippen LogP contribution in [0.3, 0.4) is 0 Å². The highest BCUT2D eigenvalue weighted by Gasteiger charge is 2.26. The van der Waals surface area contributed by atoms with Crippen LogP contribution in [0.15, 0.2) is 41.1 Å². The zero-order valence-corrected chi connectivity index (χ0v) is 18.0. The molecule has 0 amide bonds. The first-order chi connectivity index (χ1) is 14.3. The summed E-state index contributed by atoms with van der Waals surface area (Å²) in [6.07, 6.45) is 3.32. The van der Waals surface area contributed by atoms with E-state index in [9.17, 15) is 12.8 Å². The minimum atomic E-state index is -3.03. The lowest BCUT2D eigenvalue weighted by molar-refractivity contribution is 0.586. The number of nitrogen functional groups attached to an aromatic ring is 1. The fraction of sp³-hybridized carbons (Fsp3) is 0.211. The summed E-state index contributed by atoms with van der Waals surface area (Å²) < 4.78 is 39.3. The maximum Gasteiger partial charge on any atom is 0.167 e. The number of anilines is 2. The van der Waals surface area contributed by atoms with Gasteiger partial charge in [-0.2, -0.15) is 9.61 Å². The van der Waals surface area contributed by atoms with E-state index in [4.69, 9.17) is 10.7 Å². The number of hydrogen-bond donors (Lipinski definition) is 1. The standard InChI is InChI=1S/C19H16BrFN6O2S/c20-16-17(22)27-18(25-19(16)26-3-5-30(28,29)6-4-26)14(10-24-27)12-7-11-8-13(21)1-2-15(11)23-9-12/h1-2,7-10H,3-6,22H2. The van der Waals surface area contributed by atoms with Crippen LogP contribution in [0.5, 0.6) is 0 Å². The molecule has 0 aliphatic carbocycles. The quantitative estimate of drug-likeness (QED) is 0.460. The first-order valence-corrected chi connectivity index (χ1v) is 11.8. The van der Waals surface area contributed by atoms with Gasteiger partial charge in [-0.25, -0.2) is 17.8 Å². The molecule has 4 aromatic rings. The fourth-order valence-electron chi connectivity index (χ4n) is 3.57. The third-order valence-electron chi connectivity index (χ3n) is 5.20. The van der Waals surface area contributed by atoms with Crippen LogP contribution in [0.4, 0.5) is 16.0 Å². The third-order valence-corrected chi connectivity index (χ3v) is 7.57. The van der Waals surface area contributed by atoms with Crippen molar-refractivity contribution in [3.05, 3.63) is 46.9 Å². The van der Waals surface area contributed by atoms with Crippen LogP contribution in [-0.2, 0) is 9.84 Å². The minimum Gasteiger partial charge on any atom is -0.383 e. The summed E-state index contributed by atoms with van der Waals surface area (Å²) in [5, 5.41) is 5.01. The normalized spacial score (nSPS) is 16.4. The van der Waals surface area contributed by atoms with Gasteiger partial charge in [0.1, 0.15) is 21.9 Å². The molecule has 0 saturated carbocycles. The Balaban J connectivity index is 1.65. The number of nitrogens with two attached hydrogens (primary N) is 1. The average Bonchev–Trinajstić information content (AvgIpc) is 3.14. The molecule has 11 heteroatoms. The van der Waals surface area contributed by atoms with Crippen molar-refractivity contribution in [1.82, 2.24) is 19.6 Å². The smallest absolute Gasteiger partial charge is 0.167 e. The lowest BCUT2D eigenvalue weighted by Gasteiger charge is -2.28. The molecule has 1 aliphatic heterocycles. The molecule has 0 bridgehead atoms. The number of fused-ring (bicyclic) bond motifs is 2. The van der Waals surface area contributed by atoms with Crippen LogP contribution in [0.2, 0.25) is 0 Å². The summed E-state index contributed by atoms with van der Waals surface area (Å²) in [5.74, 6) is 0.720. The number of pyridine rings is 1. The Labute approximate surface area is 179 Å². The van der Waals surface area contributed by atoms with Crippen LogP contribution in [0.1, 0.15) is 0 Å². The summed E-state index contributed by atoms with van der Waals surface area (Å²) in [4.78, 5) is 11.0. The van der Waals surface area contributed by atoms with Crippen molar-refractivity contribution in [3.63, 3.8) is 0 Å². The molecule has 0 unspecified atom stereocenters. The van der Waals surface area contributed by atoms with E-state index in [1.54, 1.807) is 18.5 Å². The molecule has 0 spiro atoms. The topological polar surface area (TPSA) is 106 Å². The van der Waals surface area contributed by atoms with Crippen LogP contribution < -0.4 is 10.6 Å². The van der Waals surface area contributed by atoms with Gasteiger partial charge in [-0.15, -0.1) is 0 Å². The number of halogens is 2. The van der Waals surface area contributed by atoms with Crippen molar-refractivity contribution in [3.8, 4) is 11.1 Å². The maximum atomic E-state index is 13.6. The molecule has 8 nitrogen and oxygen atoms in total. The summed E-state index contributed by atoms with van der Waals surface area (Å²) in [6, 6.07) is 6.25. The predicted octanol–water partition coefficient (Wildman–Crippen LogP) is 2.66. The van der Waals surface area contributed by atoms with Gasteiger partial charge in [-0.1, -0.05) is 0 Å². The predicted molar refractivity (Wildman–Crippen MR) is 117 cm³/mol. The van der Waals surface area contributed by atoms with E-state index in [-0.39, 0.29) is 17.3 Å². The number of nitrogens with zero attached hydrogens (tertiary/aromatic N) is 5. The lowest BCUT2D eigenvalue weighted by atomic mass is 10.1. The molecule has 2 N–H and O–H groups in total. The summed E-state index contributed by atoms with van der Waals surface area (Å²) in [7, 11) is -3.03. The van der Waals surface area contributed by atoms with Crippen LogP contribution in [0.25, 0.3) is 27.7 Å². The second kappa shape index (κ2) is 6.88. The average molecular weight is 491 g/mol. The number of benzene rings is 1. The SMILES string of the molecule is Nc1c(Br)c(N2CCS(=O)(=O)CC2)nc2c(-c3cnc4ccc(F)cc4c3)cnn12. The van der Waals surface area contributed by atoms with Crippen molar-refractivity contribution in [2.75, 3.05) is 35.2 Å². The van der Waals surface area contributed by atoms with E-state index < -0.39 is 9.84 Å². The molecule has 4 heterocycles. The summed E-state index contributed by atoms with van der Waals surface area (Å²) >= 11 is 3.48. The second-order valence-corrected chi connectivity index (χ2v) is 10.2. The second-order valence-electron chi connectivity index (χ2n) is 7.13. The van der Waals surface area contributed by atoms with E-state index in [1.165, 1.54) is 16.6 Å². The fourth-order valence-corrected chi connectivity index (χ4v) is 5.28. The number of sulfone groups is 1. The Hall–Kier alpha value is -2.79. The molecule has 1 saturated heterocycles. The molecule has 0 atom stereocenters. The Kier molecular flexibility index (Phi) is 4.40. The first kappa shape index (κ1) is 19.2. The molecule has 1 fully saturated rings. The minimum absolute atomic E-state index is 0.0679. The van der Waals surface area contributed by atoms with Gasteiger partial charge in [0.25, 0.3) is 0 Å². The Morgan fingerprint density at radius 2 is 1.90 bits per heavy atom. The zero-order chi connectivity index (χ0) is 21.0. The van der Waals surface area contributed by atoms with E-state index in [0.717, 1.165) is 5.56 Å². The molecule has 5 rings (SSSR count).